The Hall–Kier alpha value is -1.86. The van der Waals surface area contributed by atoms with Gasteiger partial charge >= 0.3 is 5.97 Å². The first-order valence-electron chi connectivity index (χ1n) is 4.82. The highest BCUT2D eigenvalue weighted by molar-refractivity contribution is 7.13. The third kappa shape index (κ3) is 2.36. The number of aryl methyl sites for hydroxylation is 1. The van der Waals surface area contributed by atoms with Crippen molar-refractivity contribution in [2.24, 2.45) is 0 Å². The van der Waals surface area contributed by atoms with Gasteiger partial charge in [-0.2, -0.15) is 5.10 Å². The lowest BCUT2D eigenvalue weighted by Gasteiger charge is -1.99. The van der Waals surface area contributed by atoms with Crippen LogP contribution < -0.4 is 5.32 Å². The van der Waals surface area contributed by atoms with Crippen molar-refractivity contribution in [3.05, 3.63) is 32.6 Å². The number of halogens is 1. The Morgan fingerprint density at radius 3 is 2.78 bits per heavy atom. The minimum absolute atomic E-state index is 0.0984. The lowest BCUT2D eigenvalue weighted by atomic mass is 10.3. The van der Waals surface area contributed by atoms with Crippen LogP contribution in [0.2, 0.25) is 5.02 Å². The number of nitrogens with zero attached hydrogens (tertiary/aromatic N) is 1. The van der Waals surface area contributed by atoms with Crippen LogP contribution in [-0.2, 0) is 0 Å². The second-order valence-corrected chi connectivity index (χ2v) is 4.75. The predicted molar refractivity (Wildman–Crippen MR) is 67.6 cm³/mol. The monoisotopic (exact) mass is 285 g/mol. The zero-order valence-corrected chi connectivity index (χ0v) is 10.7. The van der Waals surface area contributed by atoms with Crippen molar-refractivity contribution in [3.63, 3.8) is 0 Å². The molecule has 2 aromatic rings. The molecule has 2 aromatic heterocycles. The summed E-state index contributed by atoms with van der Waals surface area (Å²) in [5.41, 5.74) is 0.721. The standard InChI is InChI=1S/C10H8ClN3O3S/c1-4-3-18-8(7(4)11)9(15)12-6-2-5(10(16)17)13-14-6/h2-3H,1H3,(H,16,17)(H2,12,13,14,15). The molecule has 94 valence electrons. The average Bonchev–Trinajstić information content (AvgIpc) is 2.88. The number of aromatic carboxylic acids is 1. The van der Waals surface area contributed by atoms with Crippen molar-refractivity contribution in [1.29, 1.82) is 0 Å². The number of aromatic nitrogens is 2. The van der Waals surface area contributed by atoms with Gasteiger partial charge in [0.25, 0.3) is 5.91 Å². The Balaban J connectivity index is 2.16. The molecule has 0 bridgehead atoms. The van der Waals surface area contributed by atoms with Crippen molar-refractivity contribution in [2.45, 2.75) is 6.92 Å². The normalized spacial score (nSPS) is 10.3. The van der Waals surface area contributed by atoms with E-state index in [9.17, 15) is 9.59 Å². The molecule has 3 N–H and O–H groups in total. The van der Waals surface area contributed by atoms with E-state index >= 15 is 0 Å². The summed E-state index contributed by atoms with van der Waals surface area (Å²) in [6.07, 6.45) is 0. The molecule has 18 heavy (non-hydrogen) atoms. The fourth-order valence-electron chi connectivity index (χ4n) is 1.25. The smallest absolute Gasteiger partial charge is 0.353 e. The molecule has 0 radical (unpaired) electrons. The Labute approximate surface area is 111 Å². The van der Waals surface area contributed by atoms with E-state index in [1.165, 1.54) is 17.4 Å². The highest BCUT2D eigenvalue weighted by atomic mass is 35.5. The Bertz CT molecular complexity index is 620. The van der Waals surface area contributed by atoms with E-state index in [4.69, 9.17) is 16.7 Å². The molecule has 0 saturated carbocycles. The fraction of sp³-hybridized carbons (Fsp3) is 0.100. The molecular formula is C10H8ClN3O3S. The lowest BCUT2D eigenvalue weighted by Crippen LogP contribution is -2.11. The molecule has 2 rings (SSSR count). The van der Waals surface area contributed by atoms with Gasteiger partial charge < -0.3 is 10.4 Å². The topological polar surface area (TPSA) is 95.1 Å². The van der Waals surface area contributed by atoms with Gasteiger partial charge in [-0.05, 0) is 17.9 Å². The zero-order valence-electron chi connectivity index (χ0n) is 9.15. The number of carbonyl (C=O) groups is 2. The van der Waals surface area contributed by atoms with E-state index in [1.807, 2.05) is 0 Å². The van der Waals surface area contributed by atoms with E-state index in [1.54, 1.807) is 12.3 Å². The van der Waals surface area contributed by atoms with Crippen molar-refractivity contribution in [2.75, 3.05) is 5.32 Å². The molecule has 1 amide bonds. The molecule has 8 heteroatoms. The van der Waals surface area contributed by atoms with Crippen molar-refractivity contribution in [3.8, 4) is 0 Å². The molecule has 6 nitrogen and oxygen atoms in total. The molecule has 0 atom stereocenters. The Kier molecular flexibility index (Phi) is 3.35. The predicted octanol–water partition coefficient (Wildman–Crippen LogP) is 2.38. The summed E-state index contributed by atoms with van der Waals surface area (Å²) in [7, 11) is 0. The van der Waals surface area contributed by atoms with Gasteiger partial charge in [-0.25, -0.2) is 4.79 Å². The van der Waals surface area contributed by atoms with E-state index in [-0.39, 0.29) is 11.5 Å². The van der Waals surface area contributed by atoms with Gasteiger partial charge in [-0.15, -0.1) is 11.3 Å². The molecule has 0 spiro atoms. The van der Waals surface area contributed by atoms with E-state index in [0.717, 1.165) is 5.56 Å². The van der Waals surface area contributed by atoms with Crippen LogP contribution in [0.25, 0.3) is 0 Å². The Morgan fingerprint density at radius 1 is 1.56 bits per heavy atom. The third-order valence-corrected chi connectivity index (χ3v) is 3.85. The summed E-state index contributed by atoms with van der Waals surface area (Å²) in [5, 5.41) is 19.3. The van der Waals surface area contributed by atoms with Crippen molar-refractivity contribution in [1.82, 2.24) is 10.2 Å². The van der Waals surface area contributed by atoms with Crippen LogP contribution in [0.1, 0.15) is 25.7 Å². The number of aromatic amines is 1. The van der Waals surface area contributed by atoms with Crippen LogP contribution in [0.4, 0.5) is 5.82 Å². The van der Waals surface area contributed by atoms with Crippen molar-refractivity contribution < 1.29 is 14.7 Å². The quantitative estimate of drug-likeness (QED) is 0.807. The van der Waals surface area contributed by atoms with Gasteiger partial charge in [0.1, 0.15) is 10.6 Å². The SMILES string of the molecule is Cc1csc(C(=O)Nc2cc(C(=O)O)[nH]n2)c1Cl. The van der Waals surface area contributed by atoms with E-state index in [0.29, 0.717) is 9.90 Å². The zero-order chi connectivity index (χ0) is 13.3. The van der Waals surface area contributed by atoms with E-state index < -0.39 is 11.9 Å². The molecule has 0 saturated heterocycles. The molecule has 0 aliphatic rings. The number of thiophene rings is 1. The number of carbonyl (C=O) groups excluding carboxylic acids is 1. The number of rotatable bonds is 3. The number of anilines is 1. The Morgan fingerprint density at radius 2 is 2.28 bits per heavy atom. The van der Waals surface area contributed by atoms with Gasteiger partial charge in [-0.1, -0.05) is 11.6 Å². The van der Waals surface area contributed by atoms with Gasteiger partial charge in [-0.3, -0.25) is 9.89 Å². The molecule has 2 heterocycles. The summed E-state index contributed by atoms with van der Waals surface area (Å²) >= 11 is 7.17. The van der Waals surface area contributed by atoms with Gasteiger partial charge in [0.05, 0.1) is 5.02 Å². The summed E-state index contributed by atoms with van der Waals surface area (Å²) in [6, 6.07) is 1.23. The summed E-state index contributed by atoms with van der Waals surface area (Å²) in [5.74, 6) is -1.42. The van der Waals surface area contributed by atoms with Crippen molar-refractivity contribution >= 4 is 40.6 Å². The van der Waals surface area contributed by atoms with Crippen LogP contribution in [-0.4, -0.2) is 27.2 Å². The average molecular weight is 286 g/mol. The molecular weight excluding hydrogens is 278 g/mol. The minimum atomic E-state index is -1.15. The maximum absolute atomic E-state index is 11.8. The first-order valence-corrected chi connectivity index (χ1v) is 6.08. The number of hydrogen-bond acceptors (Lipinski definition) is 4. The number of carboxylic acids is 1. The fourth-order valence-corrected chi connectivity index (χ4v) is 2.43. The van der Waals surface area contributed by atoms with Crippen LogP contribution in [0.3, 0.4) is 0 Å². The largest absolute Gasteiger partial charge is 0.477 e. The van der Waals surface area contributed by atoms with Crippen LogP contribution in [0.15, 0.2) is 11.4 Å². The summed E-state index contributed by atoms with van der Waals surface area (Å²) in [6.45, 7) is 1.80. The van der Waals surface area contributed by atoms with Gasteiger partial charge in [0, 0.05) is 6.07 Å². The molecule has 0 unspecified atom stereocenters. The first kappa shape index (κ1) is 12.6. The summed E-state index contributed by atoms with van der Waals surface area (Å²) < 4.78 is 0. The number of carboxylic acid groups (broad SMARTS) is 1. The minimum Gasteiger partial charge on any atom is -0.477 e. The number of hydrogen-bond donors (Lipinski definition) is 3. The highest BCUT2D eigenvalue weighted by Gasteiger charge is 2.16. The molecule has 0 aliphatic heterocycles. The summed E-state index contributed by atoms with van der Waals surface area (Å²) in [4.78, 5) is 22.8. The van der Waals surface area contributed by atoms with Gasteiger partial charge in [0.2, 0.25) is 0 Å². The number of nitrogens with one attached hydrogen (secondary N) is 2. The number of amides is 1. The van der Waals surface area contributed by atoms with Gasteiger partial charge in [0.15, 0.2) is 5.82 Å². The van der Waals surface area contributed by atoms with Crippen LogP contribution >= 0.6 is 22.9 Å². The first-order chi connectivity index (χ1) is 8.49. The molecule has 0 fully saturated rings. The number of H-pyrrole nitrogens is 1. The second-order valence-electron chi connectivity index (χ2n) is 3.49. The maximum Gasteiger partial charge on any atom is 0.353 e. The van der Waals surface area contributed by atoms with Crippen LogP contribution in [0.5, 0.6) is 0 Å². The lowest BCUT2D eigenvalue weighted by molar-refractivity contribution is 0.0690. The highest BCUT2D eigenvalue weighted by Crippen LogP contribution is 2.27. The maximum atomic E-state index is 11.8. The van der Waals surface area contributed by atoms with Crippen LogP contribution in [0, 0.1) is 6.92 Å². The van der Waals surface area contributed by atoms with E-state index in [2.05, 4.69) is 15.5 Å². The molecule has 0 aliphatic carbocycles. The molecule has 0 aromatic carbocycles. The second kappa shape index (κ2) is 4.79. The third-order valence-electron chi connectivity index (χ3n) is 2.16.